The molecule has 1 aliphatic rings. The third-order valence-electron chi connectivity index (χ3n) is 4.87. The normalized spacial score (nSPS) is 15.1. The zero-order valence-electron chi connectivity index (χ0n) is 14.3. The lowest BCUT2D eigenvalue weighted by Crippen LogP contribution is -2.36. The molecule has 6 nitrogen and oxygen atoms in total. The highest BCUT2D eigenvalue weighted by Gasteiger charge is 2.22. The second-order valence-electron chi connectivity index (χ2n) is 6.55. The molecular formula is C19H23NO5. The maximum absolute atomic E-state index is 12.3. The summed E-state index contributed by atoms with van der Waals surface area (Å²) in [6, 6.07) is 2.66. The summed E-state index contributed by atoms with van der Waals surface area (Å²) in [5.41, 5.74) is 2.18. The predicted octanol–water partition coefficient (Wildman–Crippen LogP) is 2.72. The van der Waals surface area contributed by atoms with Gasteiger partial charge in [-0.15, -0.1) is 0 Å². The fraction of sp³-hybridized carbons (Fsp3) is 0.474. The molecule has 2 aromatic rings. The molecule has 3 N–H and O–H groups in total. The molecule has 0 fully saturated rings. The van der Waals surface area contributed by atoms with Crippen molar-refractivity contribution in [2.45, 2.75) is 58.0 Å². The zero-order valence-corrected chi connectivity index (χ0v) is 14.3. The average molecular weight is 345 g/mol. The average Bonchev–Trinajstić information content (AvgIpc) is 2.60. The van der Waals surface area contributed by atoms with E-state index in [1.54, 1.807) is 12.1 Å². The van der Waals surface area contributed by atoms with Gasteiger partial charge in [0.05, 0.1) is 5.56 Å². The molecule has 3 rings (SSSR count). The summed E-state index contributed by atoms with van der Waals surface area (Å²) in [6.07, 6.45) is 4.77. The van der Waals surface area contributed by atoms with Crippen LogP contribution in [-0.2, 0) is 24.2 Å². The maximum Gasteiger partial charge on any atom is 0.339 e. The number of phenolic OH excluding ortho intramolecular Hbond substituents is 1. The van der Waals surface area contributed by atoms with Gasteiger partial charge in [0, 0.05) is 17.5 Å². The Morgan fingerprint density at radius 2 is 2.00 bits per heavy atom. The molecule has 0 aliphatic heterocycles. The maximum atomic E-state index is 12.3. The summed E-state index contributed by atoms with van der Waals surface area (Å²) in [5.74, 6) is -0.931. The van der Waals surface area contributed by atoms with E-state index in [1.807, 2.05) is 6.92 Å². The minimum atomic E-state index is -0.930. The lowest BCUT2D eigenvalue weighted by Gasteiger charge is -2.19. The Hall–Kier alpha value is -2.34. The molecule has 0 radical (unpaired) electrons. The topological polar surface area (TPSA) is 99.8 Å². The number of benzene rings is 1. The fourth-order valence-electron chi connectivity index (χ4n) is 3.55. The standard InChI is InChI=1S/C19H23NO5/c1-2-5-15(18(22)23)20-10-14-16(21)9-8-12-11-6-3-4-7-13(11)19(24)25-17(12)14/h8-9,15,20-21H,2-7,10H2,1H3,(H,22,23). The van der Waals surface area contributed by atoms with Gasteiger partial charge in [0.2, 0.25) is 0 Å². The molecule has 6 heteroatoms. The van der Waals surface area contributed by atoms with E-state index < -0.39 is 12.0 Å². The molecule has 1 unspecified atom stereocenters. The Balaban J connectivity index is 2.03. The van der Waals surface area contributed by atoms with E-state index in [9.17, 15) is 19.8 Å². The molecule has 0 amide bonds. The highest BCUT2D eigenvalue weighted by atomic mass is 16.4. The molecule has 1 heterocycles. The van der Waals surface area contributed by atoms with Gasteiger partial charge in [-0.1, -0.05) is 13.3 Å². The second kappa shape index (κ2) is 7.27. The monoisotopic (exact) mass is 345 g/mol. The van der Waals surface area contributed by atoms with Gasteiger partial charge in [0.1, 0.15) is 17.4 Å². The molecule has 0 spiro atoms. The van der Waals surface area contributed by atoms with Crippen molar-refractivity contribution in [1.29, 1.82) is 0 Å². The molecular weight excluding hydrogens is 322 g/mol. The number of hydrogen-bond donors (Lipinski definition) is 3. The Bertz CT molecular complexity index is 855. The number of fused-ring (bicyclic) bond motifs is 3. The van der Waals surface area contributed by atoms with Gasteiger partial charge < -0.3 is 19.9 Å². The van der Waals surface area contributed by atoms with Crippen molar-refractivity contribution in [2.75, 3.05) is 0 Å². The summed E-state index contributed by atoms with van der Waals surface area (Å²) < 4.78 is 5.52. The lowest BCUT2D eigenvalue weighted by molar-refractivity contribution is -0.139. The van der Waals surface area contributed by atoms with E-state index in [4.69, 9.17) is 4.42 Å². The smallest absolute Gasteiger partial charge is 0.339 e. The predicted molar refractivity (Wildman–Crippen MR) is 94.0 cm³/mol. The van der Waals surface area contributed by atoms with E-state index in [-0.39, 0.29) is 17.9 Å². The van der Waals surface area contributed by atoms with Crippen molar-refractivity contribution < 1.29 is 19.4 Å². The Kier molecular flexibility index (Phi) is 5.08. The van der Waals surface area contributed by atoms with Crippen LogP contribution in [0.4, 0.5) is 0 Å². The number of phenols is 1. The first kappa shape index (κ1) is 17.5. The third kappa shape index (κ3) is 3.39. The van der Waals surface area contributed by atoms with Crippen LogP contribution in [0.15, 0.2) is 21.3 Å². The van der Waals surface area contributed by atoms with E-state index in [2.05, 4.69) is 5.32 Å². The van der Waals surface area contributed by atoms with Gasteiger partial charge in [0.25, 0.3) is 0 Å². The number of carbonyl (C=O) groups is 1. The third-order valence-corrected chi connectivity index (χ3v) is 4.87. The SMILES string of the molecule is CCCC(NCc1c(O)ccc2c3c(c(=O)oc12)CCCC3)C(=O)O. The first-order valence-corrected chi connectivity index (χ1v) is 8.78. The van der Waals surface area contributed by atoms with Crippen LogP contribution in [0, 0.1) is 0 Å². The molecule has 1 aromatic heterocycles. The van der Waals surface area contributed by atoms with Crippen LogP contribution >= 0.6 is 0 Å². The lowest BCUT2D eigenvalue weighted by atomic mass is 9.90. The van der Waals surface area contributed by atoms with E-state index in [0.717, 1.165) is 48.6 Å². The largest absolute Gasteiger partial charge is 0.507 e. The highest BCUT2D eigenvalue weighted by molar-refractivity contribution is 5.86. The summed E-state index contributed by atoms with van der Waals surface area (Å²) in [4.78, 5) is 23.6. The fourth-order valence-corrected chi connectivity index (χ4v) is 3.55. The Morgan fingerprint density at radius 1 is 1.28 bits per heavy atom. The number of hydrogen-bond acceptors (Lipinski definition) is 5. The summed E-state index contributed by atoms with van der Waals surface area (Å²) in [5, 5.41) is 23.3. The Labute approximate surface area is 145 Å². The first-order valence-electron chi connectivity index (χ1n) is 8.78. The van der Waals surface area contributed by atoms with Gasteiger partial charge in [-0.2, -0.15) is 0 Å². The summed E-state index contributed by atoms with van der Waals surface area (Å²) in [7, 11) is 0. The molecule has 0 bridgehead atoms. The number of carboxylic acid groups (broad SMARTS) is 1. The van der Waals surface area contributed by atoms with Crippen molar-refractivity contribution in [1.82, 2.24) is 5.32 Å². The zero-order chi connectivity index (χ0) is 18.0. The van der Waals surface area contributed by atoms with E-state index in [0.29, 0.717) is 17.6 Å². The van der Waals surface area contributed by atoms with Gasteiger partial charge in [-0.25, -0.2) is 4.79 Å². The van der Waals surface area contributed by atoms with E-state index in [1.165, 1.54) is 0 Å². The number of rotatable bonds is 6. The van der Waals surface area contributed by atoms with Crippen LogP contribution in [0.5, 0.6) is 5.75 Å². The van der Waals surface area contributed by atoms with Gasteiger partial charge >= 0.3 is 11.6 Å². The van der Waals surface area contributed by atoms with Gasteiger partial charge in [-0.05, 0) is 49.8 Å². The minimum Gasteiger partial charge on any atom is -0.507 e. The van der Waals surface area contributed by atoms with Gasteiger partial charge in [-0.3, -0.25) is 4.79 Å². The van der Waals surface area contributed by atoms with Crippen molar-refractivity contribution in [3.05, 3.63) is 39.2 Å². The minimum absolute atomic E-state index is 0.000420. The number of nitrogens with one attached hydrogen (secondary N) is 1. The van der Waals surface area contributed by atoms with Crippen molar-refractivity contribution in [3.63, 3.8) is 0 Å². The number of carboxylic acids is 1. The number of aliphatic carboxylic acids is 1. The van der Waals surface area contributed by atoms with Crippen molar-refractivity contribution in [2.24, 2.45) is 0 Å². The van der Waals surface area contributed by atoms with Crippen LogP contribution in [0.25, 0.3) is 11.0 Å². The summed E-state index contributed by atoms with van der Waals surface area (Å²) >= 11 is 0. The highest BCUT2D eigenvalue weighted by Crippen LogP contribution is 2.32. The molecule has 1 aromatic carbocycles. The molecule has 25 heavy (non-hydrogen) atoms. The molecule has 0 saturated heterocycles. The molecule has 0 saturated carbocycles. The quantitative estimate of drug-likeness (QED) is 0.696. The Morgan fingerprint density at radius 3 is 2.68 bits per heavy atom. The number of aromatic hydroxyl groups is 1. The van der Waals surface area contributed by atoms with Gasteiger partial charge in [0.15, 0.2) is 0 Å². The molecule has 1 atom stereocenters. The van der Waals surface area contributed by atoms with Crippen LogP contribution in [0.1, 0.15) is 49.3 Å². The summed E-state index contributed by atoms with van der Waals surface area (Å²) in [6.45, 7) is 2.04. The van der Waals surface area contributed by atoms with Crippen LogP contribution in [0.3, 0.4) is 0 Å². The molecule has 1 aliphatic carbocycles. The van der Waals surface area contributed by atoms with E-state index >= 15 is 0 Å². The number of aryl methyl sites for hydroxylation is 1. The van der Waals surface area contributed by atoms with Crippen LogP contribution in [0.2, 0.25) is 0 Å². The van der Waals surface area contributed by atoms with Crippen LogP contribution in [-0.4, -0.2) is 22.2 Å². The van der Waals surface area contributed by atoms with Crippen molar-refractivity contribution >= 4 is 16.9 Å². The second-order valence-corrected chi connectivity index (χ2v) is 6.55. The van der Waals surface area contributed by atoms with Crippen molar-refractivity contribution in [3.8, 4) is 5.75 Å². The van der Waals surface area contributed by atoms with Crippen LogP contribution < -0.4 is 10.9 Å². The molecule has 134 valence electrons. The first-order chi connectivity index (χ1) is 12.0.